The van der Waals surface area contributed by atoms with Gasteiger partial charge in [-0.3, -0.25) is 4.79 Å². The number of benzene rings is 2. The van der Waals surface area contributed by atoms with Crippen LogP contribution in [0.3, 0.4) is 0 Å². The largest absolute Gasteiger partial charge is 0.350 e. The first-order chi connectivity index (χ1) is 12.2. The summed E-state index contributed by atoms with van der Waals surface area (Å²) >= 11 is 1.66. The van der Waals surface area contributed by atoms with Crippen molar-refractivity contribution in [2.75, 3.05) is 5.75 Å². The number of carbonyl (C=O) groups excluding carboxylic acids is 1. The van der Waals surface area contributed by atoms with Gasteiger partial charge in [0.15, 0.2) is 0 Å². The number of hydrogen-bond donors (Lipinski definition) is 1. The fourth-order valence-corrected chi connectivity index (χ4v) is 6.75. The summed E-state index contributed by atoms with van der Waals surface area (Å²) in [5.74, 6) is 3.37. The van der Waals surface area contributed by atoms with Gasteiger partial charge >= 0.3 is 0 Å². The van der Waals surface area contributed by atoms with Gasteiger partial charge in [0.25, 0.3) is 0 Å². The molecule has 0 unspecified atom stereocenters. The summed E-state index contributed by atoms with van der Waals surface area (Å²) in [6, 6.07) is 14.9. The van der Waals surface area contributed by atoms with E-state index in [4.69, 9.17) is 0 Å². The molecule has 0 atom stereocenters. The standard InChI is InChI=1S/C22H25NOS/c24-21(14-25-20-6-5-18-3-1-2-4-19(18)10-20)23-22-11-15-7-16(12-22)9-17(8-15)13-22/h1-6,10,15-17H,7-9,11-14H2,(H,23,24). The second kappa shape index (κ2) is 6.05. The maximum Gasteiger partial charge on any atom is 0.230 e. The zero-order chi connectivity index (χ0) is 16.9. The normalized spacial score (nSPS) is 32.9. The predicted octanol–water partition coefficient (Wildman–Crippen LogP) is 5.02. The second-order valence-electron chi connectivity index (χ2n) is 8.54. The van der Waals surface area contributed by atoms with Crippen LogP contribution in [0.5, 0.6) is 0 Å². The molecule has 0 heterocycles. The first kappa shape index (κ1) is 15.7. The molecule has 1 amide bonds. The van der Waals surface area contributed by atoms with E-state index < -0.39 is 0 Å². The lowest BCUT2D eigenvalue weighted by Crippen LogP contribution is -2.60. The van der Waals surface area contributed by atoms with Gasteiger partial charge in [-0.25, -0.2) is 0 Å². The number of rotatable bonds is 4. The molecule has 4 fully saturated rings. The van der Waals surface area contributed by atoms with Gasteiger partial charge in [0.05, 0.1) is 5.75 Å². The van der Waals surface area contributed by atoms with Crippen molar-refractivity contribution in [1.82, 2.24) is 5.32 Å². The van der Waals surface area contributed by atoms with Gasteiger partial charge in [-0.05, 0) is 79.2 Å². The Morgan fingerprint density at radius 3 is 2.28 bits per heavy atom. The van der Waals surface area contributed by atoms with Crippen LogP contribution in [0.15, 0.2) is 47.4 Å². The minimum Gasteiger partial charge on any atom is -0.350 e. The molecule has 0 spiro atoms. The van der Waals surface area contributed by atoms with E-state index in [-0.39, 0.29) is 11.4 Å². The summed E-state index contributed by atoms with van der Waals surface area (Å²) in [6.45, 7) is 0. The van der Waals surface area contributed by atoms with E-state index in [1.807, 2.05) is 0 Å². The molecule has 0 aliphatic heterocycles. The van der Waals surface area contributed by atoms with Gasteiger partial charge in [-0.1, -0.05) is 30.3 Å². The van der Waals surface area contributed by atoms with Gasteiger partial charge in [0, 0.05) is 10.4 Å². The summed E-state index contributed by atoms with van der Waals surface area (Å²) in [7, 11) is 0. The third-order valence-electron chi connectivity index (χ3n) is 6.53. The molecule has 4 aliphatic carbocycles. The highest BCUT2D eigenvalue weighted by molar-refractivity contribution is 8.00. The summed E-state index contributed by atoms with van der Waals surface area (Å²) in [6.07, 6.45) is 7.94. The second-order valence-corrected chi connectivity index (χ2v) is 9.59. The van der Waals surface area contributed by atoms with E-state index in [0.29, 0.717) is 5.75 Å². The molecule has 3 heteroatoms. The highest BCUT2D eigenvalue weighted by Crippen LogP contribution is 2.55. The van der Waals surface area contributed by atoms with Crippen molar-refractivity contribution in [2.45, 2.75) is 49.0 Å². The van der Waals surface area contributed by atoms with Crippen LogP contribution in [-0.4, -0.2) is 17.2 Å². The van der Waals surface area contributed by atoms with Crippen molar-refractivity contribution in [3.05, 3.63) is 42.5 Å². The zero-order valence-corrected chi connectivity index (χ0v) is 15.4. The lowest BCUT2D eigenvalue weighted by Gasteiger charge is -2.56. The van der Waals surface area contributed by atoms with E-state index in [1.54, 1.807) is 11.8 Å². The minimum atomic E-state index is 0.135. The molecule has 1 N–H and O–H groups in total. The SMILES string of the molecule is O=C(CSc1ccc2ccccc2c1)NC12CC3CC(CC(C3)C1)C2. The Labute approximate surface area is 153 Å². The quantitative estimate of drug-likeness (QED) is 0.784. The third kappa shape index (κ3) is 3.08. The van der Waals surface area contributed by atoms with Crippen LogP contribution in [0.2, 0.25) is 0 Å². The van der Waals surface area contributed by atoms with Crippen LogP contribution in [0.4, 0.5) is 0 Å². The molecule has 0 aromatic heterocycles. The van der Waals surface area contributed by atoms with Crippen LogP contribution in [-0.2, 0) is 4.79 Å². The van der Waals surface area contributed by atoms with Crippen LogP contribution < -0.4 is 5.32 Å². The van der Waals surface area contributed by atoms with Crippen molar-refractivity contribution in [2.24, 2.45) is 17.8 Å². The van der Waals surface area contributed by atoms with E-state index in [2.05, 4.69) is 47.8 Å². The number of thioether (sulfide) groups is 1. The van der Waals surface area contributed by atoms with Gasteiger partial charge < -0.3 is 5.32 Å². The highest BCUT2D eigenvalue weighted by atomic mass is 32.2. The smallest absolute Gasteiger partial charge is 0.230 e. The molecule has 6 rings (SSSR count). The number of hydrogen-bond acceptors (Lipinski definition) is 2. The number of carbonyl (C=O) groups is 1. The molecule has 130 valence electrons. The lowest BCUT2D eigenvalue weighted by atomic mass is 9.53. The van der Waals surface area contributed by atoms with E-state index >= 15 is 0 Å². The molecule has 0 saturated heterocycles. The van der Waals surface area contributed by atoms with E-state index in [9.17, 15) is 4.79 Å². The molecule has 25 heavy (non-hydrogen) atoms. The Morgan fingerprint density at radius 2 is 1.60 bits per heavy atom. The fraction of sp³-hybridized carbons (Fsp3) is 0.500. The van der Waals surface area contributed by atoms with Gasteiger partial charge in [-0.2, -0.15) is 0 Å². The molecular weight excluding hydrogens is 326 g/mol. The molecular formula is C22H25NOS. The molecule has 4 saturated carbocycles. The highest BCUT2D eigenvalue weighted by Gasteiger charge is 2.51. The van der Waals surface area contributed by atoms with E-state index in [0.717, 1.165) is 17.8 Å². The Kier molecular flexibility index (Phi) is 3.81. The Bertz CT molecular complexity index is 779. The lowest BCUT2D eigenvalue weighted by molar-refractivity contribution is -0.124. The average Bonchev–Trinajstić information content (AvgIpc) is 2.58. The van der Waals surface area contributed by atoms with Crippen molar-refractivity contribution in [1.29, 1.82) is 0 Å². The summed E-state index contributed by atoms with van der Waals surface area (Å²) in [5, 5.41) is 5.97. The molecule has 4 aliphatic rings. The fourth-order valence-electron chi connectivity index (χ4n) is 6.00. The average molecular weight is 352 g/mol. The minimum absolute atomic E-state index is 0.135. The third-order valence-corrected chi connectivity index (χ3v) is 7.53. The molecule has 0 radical (unpaired) electrons. The topological polar surface area (TPSA) is 29.1 Å². The van der Waals surface area contributed by atoms with Crippen LogP contribution >= 0.6 is 11.8 Å². The van der Waals surface area contributed by atoms with Crippen molar-refractivity contribution in [3.63, 3.8) is 0 Å². The van der Waals surface area contributed by atoms with Crippen molar-refractivity contribution >= 4 is 28.4 Å². The Balaban J connectivity index is 1.23. The maximum atomic E-state index is 12.6. The predicted molar refractivity (Wildman–Crippen MR) is 104 cm³/mol. The maximum absolute atomic E-state index is 12.6. The number of nitrogens with one attached hydrogen (secondary N) is 1. The molecule has 2 aromatic rings. The molecule has 4 bridgehead atoms. The number of amides is 1. The van der Waals surface area contributed by atoms with Gasteiger partial charge in [0.2, 0.25) is 5.91 Å². The summed E-state index contributed by atoms with van der Waals surface area (Å²) in [5.41, 5.74) is 0.135. The Morgan fingerprint density at radius 1 is 0.960 bits per heavy atom. The van der Waals surface area contributed by atoms with Gasteiger partial charge in [-0.15, -0.1) is 11.8 Å². The Hall–Kier alpha value is -1.48. The summed E-state index contributed by atoms with van der Waals surface area (Å²) < 4.78 is 0. The monoisotopic (exact) mass is 351 g/mol. The van der Waals surface area contributed by atoms with Gasteiger partial charge in [0.1, 0.15) is 0 Å². The number of fused-ring (bicyclic) bond motifs is 1. The molecule has 2 nitrogen and oxygen atoms in total. The van der Waals surface area contributed by atoms with Crippen LogP contribution in [0, 0.1) is 17.8 Å². The first-order valence-corrected chi connectivity index (χ1v) is 10.6. The molecule has 2 aromatic carbocycles. The van der Waals surface area contributed by atoms with E-state index in [1.165, 1.54) is 54.2 Å². The summed E-state index contributed by atoms with van der Waals surface area (Å²) in [4.78, 5) is 13.8. The first-order valence-electron chi connectivity index (χ1n) is 9.60. The van der Waals surface area contributed by atoms with Crippen LogP contribution in [0.25, 0.3) is 10.8 Å². The van der Waals surface area contributed by atoms with Crippen molar-refractivity contribution in [3.8, 4) is 0 Å². The van der Waals surface area contributed by atoms with Crippen molar-refractivity contribution < 1.29 is 4.79 Å². The zero-order valence-electron chi connectivity index (χ0n) is 14.5. The van der Waals surface area contributed by atoms with Crippen LogP contribution in [0.1, 0.15) is 38.5 Å².